The molecule has 1 aromatic heterocycles. The van der Waals surface area contributed by atoms with Crippen molar-refractivity contribution in [3.63, 3.8) is 0 Å². The fourth-order valence-electron chi connectivity index (χ4n) is 2.52. The molecular formula is C13H22N4O4S. The van der Waals surface area contributed by atoms with Gasteiger partial charge in [-0.15, -0.1) is 0 Å². The topological polar surface area (TPSA) is 87.0 Å². The Morgan fingerprint density at radius 2 is 1.82 bits per heavy atom. The summed E-state index contributed by atoms with van der Waals surface area (Å²) in [6.45, 7) is 4.89. The zero-order valence-corrected chi connectivity index (χ0v) is 14.2. The van der Waals surface area contributed by atoms with Crippen LogP contribution in [0.2, 0.25) is 0 Å². The molecule has 1 saturated heterocycles. The second kappa shape index (κ2) is 6.35. The Kier molecular flexibility index (Phi) is 4.88. The lowest BCUT2D eigenvalue weighted by Gasteiger charge is -2.34. The second-order valence-corrected chi connectivity index (χ2v) is 7.55. The molecule has 0 aliphatic carbocycles. The third kappa shape index (κ3) is 3.31. The summed E-state index contributed by atoms with van der Waals surface area (Å²) in [6.07, 6.45) is 0. The standard InChI is InChI=1S/C13H22N4O4S/c1-10-13(11(2)21-14-10)22(19,20)17-7-5-16(6-8-17)12(18)9-15(3)4/h5-9H2,1-4H3. The molecule has 1 aromatic rings. The average Bonchev–Trinajstić information content (AvgIpc) is 2.78. The number of amides is 1. The first-order valence-corrected chi connectivity index (χ1v) is 8.53. The molecular weight excluding hydrogens is 308 g/mol. The maximum Gasteiger partial charge on any atom is 0.248 e. The lowest BCUT2D eigenvalue weighted by atomic mass is 10.3. The molecule has 2 rings (SSSR count). The third-order valence-corrected chi connectivity index (χ3v) is 5.75. The van der Waals surface area contributed by atoms with E-state index in [4.69, 9.17) is 4.52 Å². The zero-order chi connectivity index (χ0) is 16.5. The van der Waals surface area contributed by atoms with E-state index in [-0.39, 0.29) is 23.9 Å². The van der Waals surface area contributed by atoms with Gasteiger partial charge in [0, 0.05) is 26.2 Å². The van der Waals surface area contributed by atoms with Crippen LogP contribution in [0.5, 0.6) is 0 Å². The molecule has 0 bridgehead atoms. The van der Waals surface area contributed by atoms with Crippen molar-refractivity contribution in [2.75, 3.05) is 46.8 Å². The Hall–Kier alpha value is -1.45. The van der Waals surface area contributed by atoms with Crippen LogP contribution < -0.4 is 0 Å². The molecule has 2 heterocycles. The molecule has 124 valence electrons. The summed E-state index contributed by atoms with van der Waals surface area (Å²) in [4.78, 5) is 15.6. The quantitative estimate of drug-likeness (QED) is 0.752. The molecule has 8 nitrogen and oxygen atoms in total. The molecule has 0 atom stereocenters. The van der Waals surface area contributed by atoms with Crippen LogP contribution in [-0.2, 0) is 14.8 Å². The van der Waals surface area contributed by atoms with E-state index in [1.807, 2.05) is 14.1 Å². The first-order chi connectivity index (χ1) is 10.2. The largest absolute Gasteiger partial charge is 0.360 e. The van der Waals surface area contributed by atoms with Crippen molar-refractivity contribution in [3.05, 3.63) is 11.5 Å². The fraction of sp³-hybridized carbons (Fsp3) is 0.692. The summed E-state index contributed by atoms with van der Waals surface area (Å²) in [5, 5.41) is 3.70. The van der Waals surface area contributed by atoms with Crippen LogP contribution in [0.1, 0.15) is 11.5 Å². The third-order valence-electron chi connectivity index (χ3n) is 3.61. The van der Waals surface area contributed by atoms with E-state index >= 15 is 0 Å². The van der Waals surface area contributed by atoms with Gasteiger partial charge in [-0.05, 0) is 27.9 Å². The molecule has 0 radical (unpaired) electrons. The molecule has 1 amide bonds. The van der Waals surface area contributed by atoms with Gasteiger partial charge in [0.2, 0.25) is 15.9 Å². The van der Waals surface area contributed by atoms with Crippen molar-refractivity contribution in [2.45, 2.75) is 18.7 Å². The molecule has 1 aliphatic rings. The van der Waals surface area contributed by atoms with Crippen molar-refractivity contribution >= 4 is 15.9 Å². The van der Waals surface area contributed by atoms with Gasteiger partial charge in [-0.1, -0.05) is 5.16 Å². The van der Waals surface area contributed by atoms with Crippen LogP contribution >= 0.6 is 0 Å². The first kappa shape index (κ1) is 16.9. The first-order valence-electron chi connectivity index (χ1n) is 7.09. The molecule has 1 aliphatic heterocycles. The number of carbonyl (C=O) groups excluding carboxylic acids is 1. The van der Waals surface area contributed by atoms with E-state index in [1.165, 1.54) is 4.31 Å². The van der Waals surface area contributed by atoms with Crippen LogP contribution in [0, 0.1) is 13.8 Å². The summed E-state index contributed by atoms with van der Waals surface area (Å²) >= 11 is 0. The highest BCUT2D eigenvalue weighted by Crippen LogP contribution is 2.24. The number of aryl methyl sites for hydroxylation is 2. The van der Waals surface area contributed by atoms with Crippen molar-refractivity contribution in [1.82, 2.24) is 19.3 Å². The van der Waals surface area contributed by atoms with Crippen molar-refractivity contribution in [3.8, 4) is 0 Å². The maximum absolute atomic E-state index is 12.7. The molecule has 0 aromatic carbocycles. The van der Waals surface area contributed by atoms with Gasteiger partial charge in [0.25, 0.3) is 0 Å². The van der Waals surface area contributed by atoms with Crippen LogP contribution in [-0.4, -0.2) is 80.4 Å². The number of nitrogens with zero attached hydrogens (tertiary/aromatic N) is 4. The SMILES string of the molecule is Cc1noc(C)c1S(=O)(=O)N1CCN(C(=O)CN(C)C)CC1. The monoisotopic (exact) mass is 330 g/mol. The average molecular weight is 330 g/mol. The lowest BCUT2D eigenvalue weighted by molar-refractivity contribution is -0.133. The van der Waals surface area contributed by atoms with Crippen molar-refractivity contribution < 1.29 is 17.7 Å². The highest BCUT2D eigenvalue weighted by molar-refractivity contribution is 7.89. The van der Waals surface area contributed by atoms with Gasteiger partial charge < -0.3 is 14.3 Å². The second-order valence-electron chi connectivity index (χ2n) is 5.68. The summed E-state index contributed by atoms with van der Waals surface area (Å²) in [5.74, 6) is 0.308. The van der Waals surface area contributed by atoms with Crippen molar-refractivity contribution in [1.29, 1.82) is 0 Å². The Morgan fingerprint density at radius 3 is 2.27 bits per heavy atom. The Morgan fingerprint density at radius 1 is 1.23 bits per heavy atom. The van der Waals surface area contributed by atoms with Gasteiger partial charge in [-0.25, -0.2) is 8.42 Å². The Labute approximate surface area is 130 Å². The molecule has 0 N–H and O–H groups in total. The summed E-state index contributed by atoms with van der Waals surface area (Å²) < 4.78 is 31.7. The van der Waals surface area contributed by atoms with Gasteiger partial charge in [-0.2, -0.15) is 4.31 Å². The van der Waals surface area contributed by atoms with E-state index in [0.29, 0.717) is 31.1 Å². The molecule has 22 heavy (non-hydrogen) atoms. The molecule has 0 spiro atoms. The highest BCUT2D eigenvalue weighted by atomic mass is 32.2. The molecule has 1 fully saturated rings. The fourth-order valence-corrected chi connectivity index (χ4v) is 4.23. The minimum Gasteiger partial charge on any atom is -0.360 e. The maximum atomic E-state index is 12.7. The zero-order valence-electron chi connectivity index (χ0n) is 13.4. The van der Waals surface area contributed by atoms with Gasteiger partial charge in [0.1, 0.15) is 10.6 Å². The van der Waals surface area contributed by atoms with Gasteiger partial charge in [-0.3, -0.25) is 4.79 Å². The van der Waals surface area contributed by atoms with E-state index in [9.17, 15) is 13.2 Å². The Balaban J connectivity index is 2.07. The number of sulfonamides is 1. The summed E-state index contributed by atoms with van der Waals surface area (Å²) in [7, 11) is 0.0353. The van der Waals surface area contributed by atoms with E-state index in [0.717, 1.165) is 0 Å². The molecule has 9 heteroatoms. The number of piperazine rings is 1. The normalized spacial score (nSPS) is 17.2. The number of aromatic nitrogens is 1. The minimum atomic E-state index is -3.62. The number of rotatable bonds is 4. The van der Waals surface area contributed by atoms with Crippen LogP contribution in [0.25, 0.3) is 0 Å². The summed E-state index contributed by atoms with van der Waals surface area (Å²) in [6, 6.07) is 0. The number of carbonyl (C=O) groups is 1. The Bertz CT molecular complexity index is 625. The predicted molar refractivity (Wildman–Crippen MR) is 79.9 cm³/mol. The number of hydrogen-bond donors (Lipinski definition) is 0. The van der Waals surface area contributed by atoms with Gasteiger partial charge in [0.15, 0.2) is 5.76 Å². The van der Waals surface area contributed by atoms with E-state index in [1.54, 1.807) is 23.6 Å². The smallest absolute Gasteiger partial charge is 0.248 e. The lowest BCUT2D eigenvalue weighted by Crippen LogP contribution is -2.52. The van der Waals surface area contributed by atoms with Gasteiger partial charge >= 0.3 is 0 Å². The van der Waals surface area contributed by atoms with Gasteiger partial charge in [0.05, 0.1) is 6.54 Å². The van der Waals surface area contributed by atoms with Crippen LogP contribution in [0.3, 0.4) is 0 Å². The van der Waals surface area contributed by atoms with Crippen LogP contribution in [0.15, 0.2) is 9.42 Å². The molecule has 0 unspecified atom stereocenters. The number of hydrogen-bond acceptors (Lipinski definition) is 6. The number of likely N-dealkylation sites (N-methyl/N-ethyl adjacent to an activating group) is 1. The minimum absolute atomic E-state index is 0.0133. The van der Waals surface area contributed by atoms with Crippen molar-refractivity contribution in [2.24, 2.45) is 0 Å². The summed E-state index contributed by atoms with van der Waals surface area (Å²) in [5.41, 5.74) is 0.364. The van der Waals surface area contributed by atoms with Crippen LogP contribution in [0.4, 0.5) is 0 Å². The van der Waals surface area contributed by atoms with E-state index in [2.05, 4.69) is 5.16 Å². The van der Waals surface area contributed by atoms with E-state index < -0.39 is 10.0 Å². The predicted octanol–water partition coefficient (Wildman–Crippen LogP) is -0.314. The molecule has 0 saturated carbocycles. The highest BCUT2D eigenvalue weighted by Gasteiger charge is 2.34.